The van der Waals surface area contributed by atoms with Crippen molar-refractivity contribution in [3.05, 3.63) is 0 Å². The van der Waals surface area contributed by atoms with Crippen LogP contribution in [0.5, 0.6) is 0 Å². The lowest BCUT2D eigenvalue weighted by atomic mass is 9.58. The molecule has 2 atom stereocenters. The quantitative estimate of drug-likeness (QED) is 0.616. The Balaban J connectivity index is 2.02. The van der Waals surface area contributed by atoms with Crippen LogP contribution in [0.15, 0.2) is 0 Å². The van der Waals surface area contributed by atoms with Gasteiger partial charge in [-0.15, -0.1) is 11.6 Å². The van der Waals surface area contributed by atoms with Crippen LogP contribution in [0, 0.1) is 5.41 Å². The molecule has 2 aliphatic carbocycles. The van der Waals surface area contributed by atoms with E-state index in [-0.39, 0.29) is 5.60 Å². The molecule has 2 saturated carbocycles. The summed E-state index contributed by atoms with van der Waals surface area (Å²) < 4.78 is 6.15. The first-order valence-corrected chi connectivity index (χ1v) is 6.70. The molecule has 88 valence electrons. The Morgan fingerprint density at radius 3 is 2.20 bits per heavy atom. The van der Waals surface area contributed by atoms with Crippen molar-refractivity contribution < 1.29 is 4.74 Å². The van der Waals surface area contributed by atoms with E-state index in [1.165, 1.54) is 32.1 Å². The van der Waals surface area contributed by atoms with Crippen molar-refractivity contribution in [3.8, 4) is 0 Å². The third-order valence-corrected chi connectivity index (χ3v) is 4.58. The van der Waals surface area contributed by atoms with Crippen LogP contribution in [0.4, 0.5) is 0 Å². The van der Waals surface area contributed by atoms with Gasteiger partial charge >= 0.3 is 0 Å². The summed E-state index contributed by atoms with van der Waals surface area (Å²) in [6.07, 6.45) is 8.09. The second kappa shape index (κ2) is 3.92. The number of rotatable bonds is 1. The van der Waals surface area contributed by atoms with Gasteiger partial charge in [-0.2, -0.15) is 0 Å². The Labute approximate surface area is 98.5 Å². The van der Waals surface area contributed by atoms with Gasteiger partial charge in [-0.1, -0.05) is 19.3 Å². The predicted octanol–water partition coefficient (Wildman–Crippen LogP) is 4.13. The van der Waals surface area contributed by atoms with Crippen LogP contribution in [-0.2, 0) is 4.74 Å². The minimum atomic E-state index is -0.0217. The first kappa shape index (κ1) is 11.7. The highest BCUT2D eigenvalue weighted by Crippen LogP contribution is 2.56. The van der Waals surface area contributed by atoms with Gasteiger partial charge in [-0.25, -0.2) is 0 Å². The van der Waals surface area contributed by atoms with E-state index >= 15 is 0 Å². The van der Waals surface area contributed by atoms with Gasteiger partial charge in [-0.3, -0.25) is 0 Å². The van der Waals surface area contributed by atoms with Crippen molar-refractivity contribution in [2.24, 2.45) is 5.41 Å². The minimum Gasteiger partial charge on any atom is -0.372 e. The molecule has 2 aliphatic rings. The lowest BCUT2D eigenvalue weighted by Crippen LogP contribution is -2.58. The average Bonchev–Trinajstić information content (AvgIpc) is 2.17. The number of ether oxygens (including phenoxy) is 1. The molecule has 0 radical (unpaired) electrons. The van der Waals surface area contributed by atoms with Crippen molar-refractivity contribution in [1.82, 2.24) is 0 Å². The van der Waals surface area contributed by atoms with Crippen molar-refractivity contribution in [1.29, 1.82) is 0 Å². The Morgan fingerprint density at radius 1 is 1.13 bits per heavy atom. The van der Waals surface area contributed by atoms with E-state index in [1.54, 1.807) is 0 Å². The van der Waals surface area contributed by atoms with Gasteiger partial charge in [-0.05, 0) is 40.0 Å². The maximum Gasteiger partial charge on any atom is 0.0666 e. The van der Waals surface area contributed by atoms with Crippen molar-refractivity contribution >= 4 is 11.6 Å². The third kappa shape index (κ3) is 2.19. The monoisotopic (exact) mass is 230 g/mol. The molecule has 15 heavy (non-hydrogen) atoms. The second-order valence-corrected chi connectivity index (χ2v) is 6.74. The van der Waals surface area contributed by atoms with Gasteiger partial charge in [0.25, 0.3) is 0 Å². The zero-order valence-electron chi connectivity index (χ0n) is 10.2. The molecule has 0 aliphatic heterocycles. The van der Waals surface area contributed by atoms with Gasteiger partial charge in [0.15, 0.2) is 0 Å². The topological polar surface area (TPSA) is 9.23 Å². The lowest BCUT2D eigenvalue weighted by Gasteiger charge is -2.56. The Bertz CT molecular complexity index is 225. The van der Waals surface area contributed by atoms with E-state index in [2.05, 4.69) is 20.8 Å². The molecule has 0 aromatic heterocycles. The summed E-state index contributed by atoms with van der Waals surface area (Å²) in [5, 5.41) is 0.366. The van der Waals surface area contributed by atoms with Gasteiger partial charge in [0.2, 0.25) is 0 Å². The van der Waals surface area contributed by atoms with Crippen LogP contribution < -0.4 is 0 Å². The van der Waals surface area contributed by atoms with Crippen LogP contribution in [0.3, 0.4) is 0 Å². The smallest absolute Gasteiger partial charge is 0.0666 e. The average molecular weight is 231 g/mol. The zero-order chi connectivity index (χ0) is 11.1. The largest absolute Gasteiger partial charge is 0.372 e. The number of hydrogen-bond donors (Lipinski definition) is 0. The molecule has 0 saturated heterocycles. The lowest BCUT2D eigenvalue weighted by molar-refractivity contribution is -0.177. The number of hydrogen-bond acceptors (Lipinski definition) is 1. The summed E-state index contributed by atoms with van der Waals surface area (Å²) in [6, 6.07) is 0. The Hall–Kier alpha value is 0.250. The van der Waals surface area contributed by atoms with Crippen molar-refractivity contribution in [3.63, 3.8) is 0 Å². The molecule has 1 nitrogen and oxygen atoms in total. The molecule has 0 aromatic carbocycles. The maximum atomic E-state index is 6.43. The molecular formula is C13H23ClO. The fraction of sp³-hybridized carbons (Fsp3) is 1.00. The molecule has 0 bridgehead atoms. The molecule has 0 heterocycles. The van der Waals surface area contributed by atoms with Crippen molar-refractivity contribution in [2.75, 3.05) is 0 Å². The normalized spacial score (nSPS) is 35.2. The second-order valence-electron chi connectivity index (χ2n) is 6.22. The summed E-state index contributed by atoms with van der Waals surface area (Å²) >= 11 is 6.43. The minimum absolute atomic E-state index is 0.0217. The molecule has 0 aromatic rings. The standard InChI is InChI=1S/C13H23ClO/c1-12(2,3)15-11-9-10(14)13(11)7-5-4-6-8-13/h10-11H,4-9H2,1-3H3. The number of halogens is 1. The Morgan fingerprint density at radius 2 is 1.73 bits per heavy atom. The Kier molecular flexibility index (Phi) is 3.07. The van der Waals surface area contributed by atoms with Gasteiger partial charge in [0, 0.05) is 10.8 Å². The molecule has 1 spiro atoms. The summed E-state index contributed by atoms with van der Waals surface area (Å²) in [5.74, 6) is 0. The first-order chi connectivity index (χ1) is 6.94. The van der Waals surface area contributed by atoms with E-state index in [9.17, 15) is 0 Å². The summed E-state index contributed by atoms with van der Waals surface area (Å²) in [4.78, 5) is 0. The first-order valence-electron chi connectivity index (χ1n) is 6.26. The number of alkyl halides is 1. The highest BCUT2D eigenvalue weighted by molar-refractivity contribution is 6.21. The molecule has 2 heteroatoms. The fourth-order valence-corrected chi connectivity index (χ4v) is 3.66. The van der Waals surface area contributed by atoms with E-state index < -0.39 is 0 Å². The summed E-state index contributed by atoms with van der Waals surface area (Å²) in [5.41, 5.74) is 0.305. The van der Waals surface area contributed by atoms with Crippen LogP contribution in [-0.4, -0.2) is 17.1 Å². The summed E-state index contributed by atoms with van der Waals surface area (Å²) in [7, 11) is 0. The van der Waals surface area contributed by atoms with Gasteiger partial charge in [0.05, 0.1) is 11.7 Å². The summed E-state index contributed by atoms with van der Waals surface area (Å²) in [6.45, 7) is 6.43. The predicted molar refractivity (Wildman–Crippen MR) is 64.4 cm³/mol. The van der Waals surface area contributed by atoms with E-state index in [0.717, 1.165) is 6.42 Å². The van der Waals surface area contributed by atoms with E-state index in [4.69, 9.17) is 16.3 Å². The molecular weight excluding hydrogens is 208 g/mol. The van der Waals surface area contributed by atoms with Gasteiger partial charge < -0.3 is 4.74 Å². The molecule has 2 fully saturated rings. The molecule has 2 rings (SSSR count). The fourth-order valence-electron chi connectivity index (χ4n) is 3.14. The highest BCUT2D eigenvalue weighted by Gasteiger charge is 2.55. The molecule has 0 amide bonds. The molecule has 2 unspecified atom stereocenters. The molecule has 0 N–H and O–H groups in total. The SMILES string of the molecule is CC(C)(C)OC1CC(Cl)C12CCCCC2. The van der Waals surface area contributed by atoms with Crippen LogP contribution in [0.2, 0.25) is 0 Å². The van der Waals surface area contributed by atoms with Crippen molar-refractivity contribution in [2.45, 2.75) is 76.4 Å². The van der Waals surface area contributed by atoms with Crippen LogP contribution in [0.1, 0.15) is 59.3 Å². The zero-order valence-corrected chi connectivity index (χ0v) is 10.9. The third-order valence-electron chi connectivity index (χ3n) is 3.97. The van der Waals surface area contributed by atoms with E-state index in [1.807, 2.05) is 0 Å². The maximum absolute atomic E-state index is 6.43. The van der Waals surface area contributed by atoms with Crippen LogP contribution >= 0.6 is 11.6 Å². The van der Waals surface area contributed by atoms with Gasteiger partial charge in [0.1, 0.15) is 0 Å². The van der Waals surface area contributed by atoms with E-state index in [0.29, 0.717) is 16.9 Å². The van der Waals surface area contributed by atoms with Crippen LogP contribution in [0.25, 0.3) is 0 Å². The highest BCUT2D eigenvalue weighted by atomic mass is 35.5.